The Morgan fingerprint density at radius 3 is 1.00 bits per heavy atom. The van der Waals surface area contributed by atoms with E-state index in [4.69, 9.17) is 0 Å². The summed E-state index contributed by atoms with van der Waals surface area (Å²) in [5.41, 5.74) is 0. The van der Waals surface area contributed by atoms with Gasteiger partial charge in [0.05, 0.1) is 0 Å². The molecule has 0 aliphatic carbocycles. The van der Waals surface area contributed by atoms with Crippen LogP contribution >= 0.6 is 0 Å². The van der Waals surface area contributed by atoms with Gasteiger partial charge in [-0.15, -0.1) is 0 Å². The van der Waals surface area contributed by atoms with Crippen LogP contribution in [0.5, 0.6) is 0 Å². The fourth-order valence-electron chi connectivity index (χ4n) is 1.05. The summed E-state index contributed by atoms with van der Waals surface area (Å²) in [6.45, 7) is 19.6. The maximum atomic E-state index is 2.39. The molecule has 0 aromatic rings. The van der Waals surface area contributed by atoms with E-state index in [0.29, 0.717) is 0 Å². The fraction of sp³-hybridized carbons (Fsp3) is 1.00. The minimum Gasteiger partial charge on any atom is -0.306 e. The Morgan fingerprint density at radius 1 is 0.647 bits per heavy atom. The van der Waals surface area contributed by atoms with E-state index in [2.05, 4.69) is 53.5 Å². The highest BCUT2D eigenvalue weighted by Crippen LogP contribution is 2.04. The highest BCUT2D eigenvalue weighted by Gasteiger charge is 2.02. The van der Waals surface area contributed by atoms with Crippen LogP contribution in [0.1, 0.15) is 74.7 Å². The maximum Gasteiger partial charge on any atom is -0.00218 e. The molecular weight excluding hydrogens is 206 g/mol. The van der Waals surface area contributed by atoms with E-state index < -0.39 is 0 Å². The third kappa shape index (κ3) is 49.1. The normalized spacial score (nSPS) is 15.0. The molecule has 1 nitrogen and oxygen atoms in total. The van der Waals surface area contributed by atoms with Crippen LogP contribution in [-0.4, -0.2) is 25.0 Å². The third-order valence-corrected chi connectivity index (χ3v) is 1.58. The minimum absolute atomic E-state index is 0.833. The van der Waals surface area contributed by atoms with Gasteiger partial charge in [-0.3, -0.25) is 0 Å². The topological polar surface area (TPSA) is 3.24 Å². The standard InChI is InChI=1S/C6H13N.2C4H10.C2H6/c1-7-5-3-2-4-6-7;2*1-4(2)3;1-2/h2-6H2,1H3;2*4H,1-3H3;1-2H3. The molecule has 0 aromatic carbocycles. The van der Waals surface area contributed by atoms with Crippen LogP contribution in [-0.2, 0) is 0 Å². The van der Waals surface area contributed by atoms with Gasteiger partial charge in [0.15, 0.2) is 0 Å². The fourth-order valence-corrected chi connectivity index (χ4v) is 1.05. The highest BCUT2D eigenvalue weighted by atomic mass is 15.1. The van der Waals surface area contributed by atoms with Crippen molar-refractivity contribution in [1.29, 1.82) is 0 Å². The summed E-state index contributed by atoms with van der Waals surface area (Å²) >= 11 is 0. The monoisotopic (exact) mass is 245 g/mol. The van der Waals surface area contributed by atoms with Gasteiger partial charge in [-0.05, 0) is 44.8 Å². The smallest absolute Gasteiger partial charge is 0.00218 e. The van der Waals surface area contributed by atoms with Gasteiger partial charge >= 0.3 is 0 Å². The first-order valence-electron chi connectivity index (χ1n) is 7.54. The summed E-state index contributed by atoms with van der Waals surface area (Å²) < 4.78 is 0. The van der Waals surface area contributed by atoms with Crippen LogP contribution in [0.3, 0.4) is 0 Å². The second kappa shape index (κ2) is 18.3. The van der Waals surface area contributed by atoms with E-state index in [1.54, 1.807) is 0 Å². The second-order valence-electron chi connectivity index (χ2n) is 5.83. The average molecular weight is 245 g/mol. The number of rotatable bonds is 0. The Kier molecular flexibility index (Phi) is 23.9. The van der Waals surface area contributed by atoms with E-state index in [-0.39, 0.29) is 0 Å². The van der Waals surface area contributed by atoms with Crippen LogP contribution in [0.15, 0.2) is 0 Å². The zero-order valence-electron chi connectivity index (χ0n) is 14.1. The number of hydrogen-bond donors (Lipinski definition) is 0. The van der Waals surface area contributed by atoms with Gasteiger partial charge in [0.1, 0.15) is 0 Å². The lowest BCUT2D eigenvalue weighted by atomic mass is 10.1. The second-order valence-corrected chi connectivity index (χ2v) is 5.83. The summed E-state index contributed by atoms with van der Waals surface area (Å²) in [5, 5.41) is 0. The molecule has 0 N–H and O–H groups in total. The van der Waals surface area contributed by atoms with E-state index in [9.17, 15) is 0 Å². The zero-order valence-corrected chi connectivity index (χ0v) is 14.1. The summed E-state index contributed by atoms with van der Waals surface area (Å²) in [6.07, 6.45) is 4.28. The van der Waals surface area contributed by atoms with E-state index in [1.165, 1.54) is 32.4 Å². The first-order valence-corrected chi connectivity index (χ1v) is 7.54. The molecule has 1 heteroatoms. The van der Waals surface area contributed by atoms with Crippen molar-refractivity contribution >= 4 is 0 Å². The van der Waals surface area contributed by atoms with Crippen molar-refractivity contribution in [3.63, 3.8) is 0 Å². The number of piperidine rings is 1. The molecule has 0 saturated carbocycles. The van der Waals surface area contributed by atoms with Gasteiger partial charge < -0.3 is 4.90 Å². The molecular formula is C16H39N. The molecule has 108 valence electrons. The van der Waals surface area contributed by atoms with Crippen LogP contribution in [0.25, 0.3) is 0 Å². The predicted octanol–water partition coefficient (Wildman–Crippen LogP) is 5.45. The molecule has 0 aromatic heterocycles. The largest absolute Gasteiger partial charge is 0.306 e. The summed E-state index contributed by atoms with van der Waals surface area (Å²) in [5.74, 6) is 1.67. The molecule has 1 fully saturated rings. The van der Waals surface area contributed by atoms with Crippen LogP contribution in [0.4, 0.5) is 0 Å². The van der Waals surface area contributed by atoms with Gasteiger partial charge in [-0.1, -0.05) is 61.8 Å². The third-order valence-electron chi connectivity index (χ3n) is 1.58. The Morgan fingerprint density at radius 2 is 0.882 bits per heavy atom. The Labute approximate surface area is 112 Å². The average Bonchev–Trinajstić information content (AvgIpc) is 2.20. The number of likely N-dealkylation sites (tertiary alicyclic amines) is 1. The highest BCUT2D eigenvalue weighted by molar-refractivity contribution is 4.58. The van der Waals surface area contributed by atoms with Crippen LogP contribution in [0, 0.1) is 11.8 Å². The van der Waals surface area contributed by atoms with Gasteiger partial charge in [0.2, 0.25) is 0 Å². The van der Waals surface area contributed by atoms with Crippen molar-refractivity contribution in [2.24, 2.45) is 11.8 Å². The van der Waals surface area contributed by atoms with Gasteiger partial charge in [-0.25, -0.2) is 0 Å². The van der Waals surface area contributed by atoms with Crippen molar-refractivity contribution in [1.82, 2.24) is 4.90 Å². The first kappa shape index (κ1) is 22.2. The Balaban J connectivity index is -0.000000172. The Bertz CT molecular complexity index is 90.6. The van der Waals surface area contributed by atoms with E-state index >= 15 is 0 Å². The molecule has 0 amide bonds. The molecule has 1 heterocycles. The molecule has 1 aliphatic heterocycles. The molecule has 1 saturated heterocycles. The number of hydrogen-bond acceptors (Lipinski definition) is 1. The summed E-state index contributed by atoms with van der Waals surface area (Å²) in [6, 6.07) is 0. The van der Waals surface area contributed by atoms with Gasteiger partial charge in [0, 0.05) is 0 Å². The van der Waals surface area contributed by atoms with Crippen LogP contribution in [0.2, 0.25) is 0 Å². The minimum atomic E-state index is 0.833. The molecule has 0 unspecified atom stereocenters. The summed E-state index contributed by atoms with van der Waals surface area (Å²) in [7, 11) is 2.19. The maximum absolute atomic E-state index is 2.39. The SMILES string of the molecule is CC.CC(C)C.CC(C)C.CN1CCCCC1. The van der Waals surface area contributed by atoms with Crippen molar-refractivity contribution in [2.45, 2.75) is 74.7 Å². The van der Waals surface area contributed by atoms with E-state index in [1.807, 2.05) is 13.8 Å². The molecule has 1 aliphatic rings. The molecule has 0 bridgehead atoms. The molecule has 0 radical (unpaired) electrons. The van der Waals surface area contributed by atoms with Crippen molar-refractivity contribution in [3.05, 3.63) is 0 Å². The van der Waals surface area contributed by atoms with E-state index in [0.717, 1.165) is 11.8 Å². The van der Waals surface area contributed by atoms with Crippen molar-refractivity contribution < 1.29 is 0 Å². The lowest BCUT2D eigenvalue weighted by Gasteiger charge is -2.20. The molecule has 17 heavy (non-hydrogen) atoms. The molecule has 0 atom stereocenters. The molecule has 0 spiro atoms. The quantitative estimate of drug-likeness (QED) is 0.548. The van der Waals surface area contributed by atoms with Gasteiger partial charge in [-0.2, -0.15) is 0 Å². The van der Waals surface area contributed by atoms with Crippen molar-refractivity contribution in [2.75, 3.05) is 20.1 Å². The summed E-state index contributed by atoms with van der Waals surface area (Å²) in [4.78, 5) is 2.39. The van der Waals surface area contributed by atoms with Crippen LogP contribution < -0.4 is 0 Å². The zero-order chi connectivity index (χ0) is 14.3. The Hall–Kier alpha value is -0.0400. The number of nitrogens with zero attached hydrogens (tertiary/aromatic N) is 1. The van der Waals surface area contributed by atoms with Gasteiger partial charge in [0.25, 0.3) is 0 Å². The van der Waals surface area contributed by atoms with Crippen molar-refractivity contribution in [3.8, 4) is 0 Å². The molecule has 1 rings (SSSR count). The first-order chi connectivity index (χ1) is 7.86. The lowest BCUT2D eigenvalue weighted by molar-refractivity contribution is 0.277. The lowest BCUT2D eigenvalue weighted by Crippen LogP contribution is -2.24. The predicted molar refractivity (Wildman–Crippen MR) is 83.7 cm³/mol.